The maximum atomic E-state index is 12.4. The maximum Gasteiger partial charge on any atom is 0.325 e. The standard InChI is InChI=1S/C36H42N2O8/c1-26-34(43-23-27-13-6-3-7-14-27)36(45-25-29-17-10-5-11-18-29)35(44-24-28-15-8-4-9-16-28)30(46-26)19-12-20-31(39)37-21-32(40)38-22-33(41)42-2/h3-18,20,26,30,34-36H,19,21-25H2,1-2H3,(H,37,39)(H,38,40)/b20-12+/t26-,30+,34+,35+,36+/m0/s1. The van der Waals surface area contributed by atoms with Crippen molar-refractivity contribution in [2.24, 2.45) is 0 Å². The molecule has 1 heterocycles. The number of esters is 1. The normalized spacial score (nSPS) is 21.0. The molecule has 0 aliphatic carbocycles. The molecule has 1 aliphatic heterocycles. The van der Waals surface area contributed by atoms with Gasteiger partial charge in [-0.2, -0.15) is 0 Å². The zero-order valence-electron chi connectivity index (χ0n) is 26.2. The third kappa shape index (κ3) is 11.2. The molecule has 4 rings (SSSR count). The predicted octanol–water partition coefficient (Wildman–Crippen LogP) is 3.88. The summed E-state index contributed by atoms with van der Waals surface area (Å²) in [6.45, 7) is 2.48. The Labute approximate surface area is 270 Å². The molecule has 1 saturated heterocycles. The number of nitrogens with one attached hydrogen (secondary N) is 2. The van der Waals surface area contributed by atoms with E-state index in [0.29, 0.717) is 26.2 Å². The minimum Gasteiger partial charge on any atom is -0.468 e. The first kappa shape index (κ1) is 34.5. The Balaban J connectivity index is 1.48. The van der Waals surface area contributed by atoms with Crippen LogP contribution in [0.5, 0.6) is 0 Å². The summed E-state index contributed by atoms with van der Waals surface area (Å²) in [5.41, 5.74) is 3.06. The average molecular weight is 631 g/mol. The molecule has 1 fully saturated rings. The number of methoxy groups -OCH3 is 1. The van der Waals surface area contributed by atoms with Gasteiger partial charge in [-0.1, -0.05) is 97.1 Å². The van der Waals surface area contributed by atoms with E-state index in [9.17, 15) is 14.4 Å². The van der Waals surface area contributed by atoms with E-state index in [4.69, 9.17) is 18.9 Å². The lowest BCUT2D eigenvalue weighted by atomic mass is 9.92. The molecule has 2 amide bonds. The lowest BCUT2D eigenvalue weighted by Gasteiger charge is -2.45. The fourth-order valence-corrected chi connectivity index (χ4v) is 5.05. The number of amides is 2. The number of ether oxygens (including phenoxy) is 5. The van der Waals surface area contributed by atoms with Crippen LogP contribution >= 0.6 is 0 Å². The van der Waals surface area contributed by atoms with Gasteiger partial charge in [-0.25, -0.2) is 0 Å². The predicted molar refractivity (Wildman–Crippen MR) is 171 cm³/mol. The third-order valence-electron chi connectivity index (χ3n) is 7.44. The molecular formula is C36H42N2O8. The molecule has 0 bridgehead atoms. The molecule has 0 aromatic heterocycles. The van der Waals surface area contributed by atoms with Gasteiger partial charge in [0.1, 0.15) is 24.9 Å². The molecule has 2 N–H and O–H groups in total. The lowest BCUT2D eigenvalue weighted by molar-refractivity contribution is -0.260. The number of benzene rings is 3. The van der Waals surface area contributed by atoms with E-state index < -0.39 is 42.2 Å². The summed E-state index contributed by atoms with van der Waals surface area (Å²) in [5, 5.41) is 4.88. The van der Waals surface area contributed by atoms with Crippen LogP contribution in [0.1, 0.15) is 30.0 Å². The number of hydrogen-bond donors (Lipinski definition) is 2. The molecule has 5 atom stereocenters. The highest BCUT2D eigenvalue weighted by molar-refractivity contribution is 5.91. The second-order valence-corrected chi connectivity index (χ2v) is 10.9. The van der Waals surface area contributed by atoms with Gasteiger partial charge in [0.15, 0.2) is 0 Å². The summed E-state index contributed by atoms with van der Waals surface area (Å²) < 4.78 is 30.6. The second kappa shape index (κ2) is 18.6. The van der Waals surface area contributed by atoms with Crippen molar-refractivity contribution in [1.29, 1.82) is 0 Å². The Morgan fingerprint density at radius 3 is 1.72 bits per heavy atom. The van der Waals surface area contributed by atoms with E-state index in [-0.39, 0.29) is 19.2 Å². The van der Waals surface area contributed by atoms with E-state index in [1.165, 1.54) is 13.2 Å². The van der Waals surface area contributed by atoms with Crippen molar-refractivity contribution in [1.82, 2.24) is 10.6 Å². The molecule has 3 aromatic rings. The van der Waals surface area contributed by atoms with E-state index in [0.717, 1.165) is 16.7 Å². The Kier molecular flexibility index (Phi) is 13.9. The summed E-state index contributed by atoms with van der Waals surface area (Å²) in [7, 11) is 1.23. The van der Waals surface area contributed by atoms with E-state index >= 15 is 0 Å². The van der Waals surface area contributed by atoms with E-state index in [1.54, 1.807) is 6.08 Å². The van der Waals surface area contributed by atoms with Gasteiger partial charge in [0.05, 0.1) is 45.7 Å². The van der Waals surface area contributed by atoms with Crippen LogP contribution in [0.2, 0.25) is 0 Å². The number of carbonyl (C=O) groups excluding carboxylic acids is 3. The second-order valence-electron chi connectivity index (χ2n) is 10.9. The minimum absolute atomic E-state index is 0.272. The van der Waals surface area contributed by atoms with Gasteiger partial charge in [-0.3, -0.25) is 14.4 Å². The van der Waals surface area contributed by atoms with Crippen molar-refractivity contribution < 1.29 is 38.1 Å². The Morgan fingerprint density at radius 2 is 1.20 bits per heavy atom. The van der Waals surface area contributed by atoms with Crippen molar-refractivity contribution >= 4 is 17.8 Å². The SMILES string of the molecule is COC(=O)CNC(=O)CNC(=O)/C=C/C[C@H]1O[C@@H](C)[C@@H](OCc2ccccc2)[C@@H](OCc2ccccc2)[C@@H]1OCc1ccccc1. The molecule has 0 radical (unpaired) electrons. The third-order valence-corrected chi connectivity index (χ3v) is 7.44. The first-order chi connectivity index (χ1) is 22.4. The van der Waals surface area contributed by atoms with Crippen molar-refractivity contribution in [3.63, 3.8) is 0 Å². The summed E-state index contributed by atoms with van der Waals surface area (Å²) in [4.78, 5) is 35.6. The quantitative estimate of drug-likeness (QED) is 0.181. The van der Waals surface area contributed by atoms with Gasteiger partial charge in [-0.15, -0.1) is 0 Å². The number of hydrogen-bond acceptors (Lipinski definition) is 8. The molecule has 46 heavy (non-hydrogen) atoms. The van der Waals surface area contributed by atoms with Crippen molar-refractivity contribution in [2.45, 2.75) is 63.7 Å². The zero-order valence-corrected chi connectivity index (χ0v) is 26.2. The van der Waals surface area contributed by atoms with Crippen LogP contribution in [0, 0.1) is 0 Å². The minimum atomic E-state index is -0.580. The smallest absolute Gasteiger partial charge is 0.325 e. The molecule has 0 saturated carbocycles. The van der Waals surface area contributed by atoms with Gasteiger partial charge in [0.2, 0.25) is 11.8 Å². The lowest BCUT2D eigenvalue weighted by Crippen LogP contribution is -2.59. The van der Waals surface area contributed by atoms with Crippen LogP contribution in [0.3, 0.4) is 0 Å². The van der Waals surface area contributed by atoms with Crippen LogP contribution in [0.15, 0.2) is 103 Å². The van der Waals surface area contributed by atoms with Crippen molar-refractivity contribution in [2.75, 3.05) is 20.2 Å². The van der Waals surface area contributed by atoms with Gasteiger partial charge in [0, 0.05) is 0 Å². The topological polar surface area (TPSA) is 121 Å². The molecule has 10 nitrogen and oxygen atoms in total. The fraction of sp³-hybridized carbons (Fsp3) is 0.361. The largest absolute Gasteiger partial charge is 0.468 e. The van der Waals surface area contributed by atoms with Crippen molar-refractivity contribution in [3.8, 4) is 0 Å². The Morgan fingerprint density at radius 1 is 0.696 bits per heavy atom. The molecule has 3 aromatic carbocycles. The average Bonchev–Trinajstić information content (AvgIpc) is 3.09. The molecule has 0 unspecified atom stereocenters. The summed E-state index contributed by atoms with van der Waals surface area (Å²) in [6.07, 6.45) is 1.15. The monoisotopic (exact) mass is 630 g/mol. The summed E-state index contributed by atoms with van der Waals surface area (Å²) in [5.74, 6) is -1.55. The van der Waals surface area contributed by atoms with Gasteiger partial charge in [-0.05, 0) is 36.1 Å². The number of rotatable bonds is 16. The Bertz CT molecular complexity index is 1390. The zero-order chi connectivity index (χ0) is 32.6. The van der Waals surface area contributed by atoms with Crippen LogP contribution in [-0.4, -0.2) is 68.5 Å². The maximum absolute atomic E-state index is 12.4. The van der Waals surface area contributed by atoms with Gasteiger partial charge in [0.25, 0.3) is 0 Å². The highest BCUT2D eigenvalue weighted by Gasteiger charge is 2.46. The van der Waals surface area contributed by atoms with Gasteiger partial charge >= 0.3 is 5.97 Å². The van der Waals surface area contributed by atoms with Crippen LogP contribution in [0.4, 0.5) is 0 Å². The summed E-state index contributed by atoms with van der Waals surface area (Å²) >= 11 is 0. The highest BCUT2D eigenvalue weighted by atomic mass is 16.6. The first-order valence-corrected chi connectivity index (χ1v) is 15.3. The van der Waals surface area contributed by atoms with Crippen molar-refractivity contribution in [3.05, 3.63) is 120 Å². The van der Waals surface area contributed by atoms with Crippen LogP contribution in [-0.2, 0) is 57.9 Å². The van der Waals surface area contributed by atoms with E-state index in [1.807, 2.05) is 97.9 Å². The Hall–Kier alpha value is -4.35. The first-order valence-electron chi connectivity index (χ1n) is 15.3. The molecule has 10 heteroatoms. The number of carbonyl (C=O) groups is 3. The van der Waals surface area contributed by atoms with Gasteiger partial charge < -0.3 is 34.3 Å². The van der Waals surface area contributed by atoms with Crippen LogP contribution in [0.25, 0.3) is 0 Å². The molecule has 0 spiro atoms. The summed E-state index contributed by atoms with van der Waals surface area (Å²) in [6, 6.07) is 29.7. The van der Waals surface area contributed by atoms with E-state index in [2.05, 4.69) is 15.4 Å². The highest BCUT2D eigenvalue weighted by Crippen LogP contribution is 2.32. The molecule has 244 valence electrons. The fourth-order valence-electron chi connectivity index (χ4n) is 5.05. The molecular weight excluding hydrogens is 588 g/mol. The molecule has 1 aliphatic rings. The van der Waals surface area contributed by atoms with Crippen LogP contribution < -0.4 is 10.6 Å².